The Hall–Kier alpha value is -2.10. The van der Waals surface area contributed by atoms with E-state index < -0.39 is 5.91 Å². The SMILES string of the molecule is C=C(C(N)=O)c1n[nH]c2ccccc12. The topological polar surface area (TPSA) is 71.8 Å². The van der Waals surface area contributed by atoms with E-state index in [4.69, 9.17) is 5.73 Å². The van der Waals surface area contributed by atoms with Crippen molar-refractivity contribution in [1.82, 2.24) is 10.2 Å². The second-order valence-electron chi connectivity index (χ2n) is 2.96. The molecule has 1 aromatic carbocycles. The van der Waals surface area contributed by atoms with Crippen LogP contribution in [0.15, 0.2) is 30.8 Å². The molecule has 0 atom stereocenters. The Balaban J connectivity index is 2.64. The van der Waals surface area contributed by atoms with Gasteiger partial charge in [0.2, 0.25) is 5.91 Å². The number of hydrogen-bond acceptors (Lipinski definition) is 2. The van der Waals surface area contributed by atoms with E-state index >= 15 is 0 Å². The van der Waals surface area contributed by atoms with Gasteiger partial charge in [0.1, 0.15) is 5.69 Å². The molecule has 0 unspecified atom stereocenters. The Morgan fingerprint density at radius 3 is 2.86 bits per heavy atom. The quantitative estimate of drug-likeness (QED) is 0.690. The predicted molar refractivity (Wildman–Crippen MR) is 54.3 cm³/mol. The molecule has 0 aliphatic heterocycles. The van der Waals surface area contributed by atoms with Gasteiger partial charge in [0, 0.05) is 5.39 Å². The summed E-state index contributed by atoms with van der Waals surface area (Å²) in [4.78, 5) is 10.9. The van der Waals surface area contributed by atoms with Gasteiger partial charge in [0.25, 0.3) is 0 Å². The number of benzene rings is 1. The molecule has 3 N–H and O–H groups in total. The number of amides is 1. The normalized spacial score (nSPS) is 10.3. The van der Waals surface area contributed by atoms with Gasteiger partial charge in [-0.3, -0.25) is 9.89 Å². The lowest BCUT2D eigenvalue weighted by molar-refractivity contribution is -0.112. The van der Waals surface area contributed by atoms with Gasteiger partial charge in [0.15, 0.2) is 0 Å². The number of fused-ring (bicyclic) bond motifs is 1. The lowest BCUT2D eigenvalue weighted by atomic mass is 10.1. The van der Waals surface area contributed by atoms with E-state index in [2.05, 4.69) is 16.8 Å². The Bertz CT molecular complexity index is 513. The lowest BCUT2D eigenvalue weighted by Gasteiger charge is -1.95. The molecule has 1 amide bonds. The highest BCUT2D eigenvalue weighted by Crippen LogP contribution is 2.20. The van der Waals surface area contributed by atoms with Crippen molar-refractivity contribution in [2.75, 3.05) is 0 Å². The van der Waals surface area contributed by atoms with Crippen molar-refractivity contribution in [3.8, 4) is 0 Å². The van der Waals surface area contributed by atoms with Crippen LogP contribution in [0.5, 0.6) is 0 Å². The maximum absolute atomic E-state index is 10.9. The number of hydrogen-bond donors (Lipinski definition) is 2. The highest BCUT2D eigenvalue weighted by atomic mass is 16.1. The molecular formula is C10H9N3O. The van der Waals surface area contributed by atoms with E-state index in [1.54, 1.807) is 0 Å². The van der Waals surface area contributed by atoms with Crippen molar-refractivity contribution >= 4 is 22.4 Å². The number of carbonyl (C=O) groups excluding carboxylic acids is 1. The third kappa shape index (κ3) is 1.17. The average Bonchev–Trinajstić information content (AvgIpc) is 2.60. The standard InChI is InChI=1S/C10H9N3O/c1-6(10(11)14)9-7-4-2-3-5-8(7)12-13-9/h2-5H,1H2,(H2,11,14)(H,12,13). The van der Waals surface area contributed by atoms with Gasteiger partial charge in [-0.25, -0.2) is 0 Å². The van der Waals surface area contributed by atoms with E-state index in [1.807, 2.05) is 24.3 Å². The first-order valence-corrected chi connectivity index (χ1v) is 4.12. The number of para-hydroxylation sites is 1. The molecule has 14 heavy (non-hydrogen) atoms. The number of rotatable bonds is 2. The molecule has 0 aliphatic carbocycles. The van der Waals surface area contributed by atoms with Gasteiger partial charge >= 0.3 is 0 Å². The fourth-order valence-electron chi connectivity index (χ4n) is 1.31. The third-order valence-corrected chi connectivity index (χ3v) is 2.05. The summed E-state index contributed by atoms with van der Waals surface area (Å²) in [5.74, 6) is -0.553. The highest BCUT2D eigenvalue weighted by Gasteiger charge is 2.11. The number of nitrogens with two attached hydrogens (primary N) is 1. The Morgan fingerprint density at radius 2 is 2.14 bits per heavy atom. The van der Waals surface area contributed by atoms with Crippen LogP contribution < -0.4 is 5.73 Å². The van der Waals surface area contributed by atoms with E-state index in [9.17, 15) is 4.79 Å². The summed E-state index contributed by atoms with van der Waals surface area (Å²) < 4.78 is 0. The summed E-state index contributed by atoms with van der Waals surface area (Å²) in [6.45, 7) is 3.59. The zero-order valence-electron chi connectivity index (χ0n) is 7.45. The van der Waals surface area contributed by atoms with Crippen LogP contribution in [0.2, 0.25) is 0 Å². The van der Waals surface area contributed by atoms with Gasteiger partial charge < -0.3 is 5.73 Å². The van der Waals surface area contributed by atoms with Crippen molar-refractivity contribution in [2.24, 2.45) is 5.73 Å². The van der Waals surface area contributed by atoms with Crippen LogP contribution in [0.4, 0.5) is 0 Å². The second-order valence-corrected chi connectivity index (χ2v) is 2.96. The molecule has 0 radical (unpaired) electrons. The van der Waals surface area contributed by atoms with E-state index in [1.165, 1.54) is 0 Å². The maximum atomic E-state index is 10.9. The number of aromatic amines is 1. The molecule has 1 heterocycles. The molecule has 70 valence electrons. The third-order valence-electron chi connectivity index (χ3n) is 2.05. The van der Waals surface area contributed by atoms with Crippen molar-refractivity contribution in [2.45, 2.75) is 0 Å². The van der Waals surface area contributed by atoms with Crippen molar-refractivity contribution < 1.29 is 4.79 Å². The summed E-state index contributed by atoms with van der Waals surface area (Å²) >= 11 is 0. The average molecular weight is 187 g/mol. The van der Waals surface area contributed by atoms with Crippen LogP contribution in [0, 0.1) is 0 Å². The first-order chi connectivity index (χ1) is 6.70. The van der Waals surface area contributed by atoms with Crippen LogP contribution in [0.25, 0.3) is 16.5 Å². The van der Waals surface area contributed by atoms with Crippen molar-refractivity contribution in [1.29, 1.82) is 0 Å². The number of nitrogens with one attached hydrogen (secondary N) is 1. The largest absolute Gasteiger partial charge is 0.366 e. The maximum Gasteiger partial charge on any atom is 0.250 e. The number of aromatic nitrogens is 2. The van der Waals surface area contributed by atoms with E-state index in [-0.39, 0.29) is 5.57 Å². The molecular weight excluding hydrogens is 178 g/mol. The van der Waals surface area contributed by atoms with Gasteiger partial charge in [-0.05, 0) is 6.07 Å². The summed E-state index contributed by atoms with van der Waals surface area (Å²) in [5.41, 5.74) is 6.74. The van der Waals surface area contributed by atoms with E-state index in [0.29, 0.717) is 5.69 Å². The summed E-state index contributed by atoms with van der Waals surface area (Å²) in [6, 6.07) is 7.50. The molecule has 4 heteroatoms. The van der Waals surface area contributed by atoms with Crippen molar-refractivity contribution in [3.63, 3.8) is 0 Å². The van der Waals surface area contributed by atoms with Crippen LogP contribution in [-0.4, -0.2) is 16.1 Å². The Morgan fingerprint density at radius 1 is 1.43 bits per heavy atom. The van der Waals surface area contributed by atoms with Crippen LogP contribution >= 0.6 is 0 Å². The molecule has 2 rings (SSSR count). The molecule has 1 aromatic heterocycles. The molecule has 0 aliphatic rings. The fraction of sp³-hybridized carbons (Fsp3) is 0. The summed E-state index contributed by atoms with van der Waals surface area (Å²) in [5, 5.41) is 7.65. The molecule has 0 saturated heterocycles. The molecule has 0 spiro atoms. The Labute approximate surface area is 80.4 Å². The number of H-pyrrole nitrogens is 1. The minimum atomic E-state index is -0.553. The van der Waals surface area contributed by atoms with Gasteiger partial charge in [-0.1, -0.05) is 24.8 Å². The minimum absolute atomic E-state index is 0.224. The van der Waals surface area contributed by atoms with Gasteiger partial charge in [-0.2, -0.15) is 5.10 Å². The Kier molecular flexibility index (Phi) is 1.81. The van der Waals surface area contributed by atoms with E-state index in [0.717, 1.165) is 10.9 Å². The van der Waals surface area contributed by atoms with Crippen molar-refractivity contribution in [3.05, 3.63) is 36.5 Å². The first kappa shape index (κ1) is 8.50. The number of nitrogens with zero attached hydrogens (tertiary/aromatic N) is 1. The van der Waals surface area contributed by atoms with Crippen LogP contribution in [0.1, 0.15) is 5.69 Å². The summed E-state index contributed by atoms with van der Waals surface area (Å²) in [6.07, 6.45) is 0. The zero-order valence-corrected chi connectivity index (χ0v) is 7.45. The lowest BCUT2D eigenvalue weighted by Crippen LogP contribution is -2.12. The van der Waals surface area contributed by atoms with Crippen LogP contribution in [-0.2, 0) is 4.79 Å². The summed E-state index contributed by atoms with van der Waals surface area (Å²) in [7, 11) is 0. The molecule has 0 saturated carbocycles. The monoisotopic (exact) mass is 187 g/mol. The second kappa shape index (κ2) is 2.99. The van der Waals surface area contributed by atoms with Gasteiger partial charge in [-0.15, -0.1) is 0 Å². The predicted octanol–water partition coefficient (Wildman–Crippen LogP) is 1.06. The smallest absolute Gasteiger partial charge is 0.250 e. The number of carbonyl (C=O) groups is 1. The first-order valence-electron chi connectivity index (χ1n) is 4.12. The van der Waals surface area contributed by atoms with Crippen LogP contribution in [0.3, 0.4) is 0 Å². The molecule has 4 nitrogen and oxygen atoms in total. The molecule has 0 fully saturated rings. The number of primary amides is 1. The minimum Gasteiger partial charge on any atom is -0.366 e. The zero-order chi connectivity index (χ0) is 10.1. The fourth-order valence-corrected chi connectivity index (χ4v) is 1.31. The van der Waals surface area contributed by atoms with Gasteiger partial charge in [0.05, 0.1) is 11.1 Å². The molecule has 2 aromatic rings. The highest BCUT2D eigenvalue weighted by molar-refractivity contribution is 6.20. The molecule has 0 bridgehead atoms.